The molecule has 0 spiro atoms. The highest BCUT2D eigenvalue weighted by molar-refractivity contribution is 9.10. The van der Waals surface area contributed by atoms with Gasteiger partial charge in [-0.15, -0.1) is 0 Å². The van der Waals surface area contributed by atoms with Crippen LogP contribution in [0.2, 0.25) is 0 Å². The molecule has 0 heterocycles. The van der Waals surface area contributed by atoms with Crippen LogP contribution in [0.3, 0.4) is 0 Å². The van der Waals surface area contributed by atoms with Gasteiger partial charge in [-0.05, 0) is 35.0 Å². The minimum Gasteiger partial charge on any atom is -0.497 e. The zero-order valence-electron chi connectivity index (χ0n) is 9.58. The van der Waals surface area contributed by atoms with Crippen LogP contribution in [0.5, 0.6) is 5.75 Å². The first-order valence-electron chi connectivity index (χ1n) is 4.74. The molecule has 0 unspecified atom stereocenters. The number of hydrogen-bond donors (Lipinski definition) is 0. The molecule has 0 atom stereocenters. The van der Waals surface area contributed by atoms with Gasteiger partial charge in [0.25, 0.3) is 5.91 Å². The maximum Gasteiger partial charge on any atom is 0.253 e. The third kappa shape index (κ3) is 2.64. The topological polar surface area (TPSA) is 29.5 Å². The van der Waals surface area contributed by atoms with E-state index in [0.717, 1.165) is 10.2 Å². The summed E-state index contributed by atoms with van der Waals surface area (Å²) >= 11 is 3.40. The summed E-state index contributed by atoms with van der Waals surface area (Å²) < 4.78 is 5.96. The molecule has 1 aromatic carbocycles. The number of amides is 1. The molecule has 0 fully saturated rings. The number of ether oxygens (including phenoxy) is 1. The second kappa shape index (κ2) is 5.16. The Balaban J connectivity index is 3.11. The summed E-state index contributed by atoms with van der Waals surface area (Å²) in [6.07, 6.45) is 0. The highest BCUT2D eigenvalue weighted by Crippen LogP contribution is 2.30. The number of hydrogen-bond acceptors (Lipinski definition) is 2. The minimum absolute atomic E-state index is 0.117. The van der Waals surface area contributed by atoms with Crippen molar-refractivity contribution in [2.24, 2.45) is 0 Å². The molecular formula is C12H14BrNO2. The summed E-state index contributed by atoms with van der Waals surface area (Å²) in [5, 5.41) is 0. The molecule has 0 aliphatic rings. The van der Waals surface area contributed by atoms with E-state index in [4.69, 9.17) is 4.74 Å². The van der Waals surface area contributed by atoms with Crippen molar-refractivity contribution in [2.45, 2.75) is 6.92 Å². The molecule has 0 bridgehead atoms. The van der Waals surface area contributed by atoms with Gasteiger partial charge in [0.1, 0.15) is 5.75 Å². The van der Waals surface area contributed by atoms with Gasteiger partial charge >= 0.3 is 0 Å². The van der Waals surface area contributed by atoms with Crippen molar-refractivity contribution in [1.29, 1.82) is 0 Å². The SMILES string of the molecule is C=C(C)C(=O)N(C)c1cc(OC)ccc1Br. The lowest BCUT2D eigenvalue weighted by molar-refractivity contribution is -0.114. The highest BCUT2D eigenvalue weighted by atomic mass is 79.9. The standard InChI is InChI=1S/C12H14BrNO2/c1-8(2)12(15)14(3)11-7-9(16-4)5-6-10(11)13/h5-7H,1H2,2-4H3. The van der Waals surface area contributed by atoms with Crippen LogP contribution in [0.25, 0.3) is 0 Å². The predicted octanol–water partition coefficient (Wildman–Crippen LogP) is 3.00. The zero-order valence-corrected chi connectivity index (χ0v) is 11.2. The van der Waals surface area contributed by atoms with Gasteiger partial charge in [0.05, 0.1) is 12.8 Å². The van der Waals surface area contributed by atoms with E-state index in [1.807, 2.05) is 12.1 Å². The van der Waals surface area contributed by atoms with Gasteiger partial charge in [-0.2, -0.15) is 0 Å². The molecule has 0 radical (unpaired) electrons. The van der Waals surface area contributed by atoms with Crippen molar-refractivity contribution in [3.8, 4) is 5.75 Å². The van der Waals surface area contributed by atoms with Crippen LogP contribution in [0.4, 0.5) is 5.69 Å². The molecule has 0 aliphatic carbocycles. The Morgan fingerprint density at radius 2 is 2.12 bits per heavy atom. The number of benzene rings is 1. The maximum atomic E-state index is 11.8. The van der Waals surface area contributed by atoms with Crippen LogP contribution >= 0.6 is 15.9 Å². The average molecular weight is 284 g/mol. The fourth-order valence-corrected chi connectivity index (χ4v) is 1.78. The van der Waals surface area contributed by atoms with Gasteiger partial charge in [-0.3, -0.25) is 4.79 Å². The fourth-order valence-electron chi connectivity index (χ4n) is 1.27. The van der Waals surface area contributed by atoms with E-state index in [9.17, 15) is 4.79 Å². The fraction of sp³-hybridized carbons (Fsp3) is 0.250. The Morgan fingerprint density at radius 1 is 1.50 bits per heavy atom. The molecule has 1 rings (SSSR count). The van der Waals surface area contributed by atoms with E-state index in [1.165, 1.54) is 4.90 Å². The second-order valence-corrected chi connectivity index (χ2v) is 4.32. The number of rotatable bonds is 3. The molecule has 16 heavy (non-hydrogen) atoms. The molecule has 3 nitrogen and oxygen atoms in total. The first-order chi connectivity index (χ1) is 7.47. The van der Waals surface area contributed by atoms with Gasteiger partial charge in [0, 0.05) is 23.2 Å². The van der Waals surface area contributed by atoms with Crippen LogP contribution in [0, 0.1) is 0 Å². The third-order valence-corrected chi connectivity index (χ3v) is 2.85. The molecule has 4 heteroatoms. The summed E-state index contributed by atoms with van der Waals surface area (Å²) in [5.41, 5.74) is 1.25. The molecule has 0 saturated heterocycles. The maximum absolute atomic E-state index is 11.8. The lowest BCUT2D eigenvalue weighted by Gasteiger charge is -2.19. The largest absolute Gasteiger partial charge is 0.497 e. The van der Waals surface area contributed by atoms with Gasteiger partial charge in [-0.1, -0.05) is 6.58 Å². The molecule has 1 aromatic rings. The Hall–Kier alpha value is -1.29. The normalized spacial score (nSPS) is 9.75. The van der Waals surface area contributed by atoms with Gasteiger partial charge in [0.15, 0.2) is 0 Å². The van der Waals surface area contributed by atoms with Crippen molar-refractivity contribution in [2.75, 3.05) is 19.1 Å². The Labute approximate surface area is 104 Å². The molecule has 86 valence electrons. The van der Waals surface area contributed by atoms with Crippen LogP contribution in [0.1, 0.15) is 6.92 Å². The van der Waals surface area contributed by atoms with Crippen molar-refractivity contribution in [3.05, 3.63) is 34.8 Å². The van der Waals surface area contributed by atoms with Crippen LogP contribution < -0.4 is 9.64 Å². The molecule has 0 aromatic heterocycles. The molecule has 1 amide bonds. The smallest absolute Gasteiger partial charge is 0.253 e. The number of nitrogens with zero attached hydrogens (tertiary/aromatic N) is 1. The van der Waals surface area contributed by atoms with Crippen molar-refractivity contribution in [1.82, 2.24) is 0 Å². The number of likely N-dealkylation sites (N-methyl/N-ethyl adjacent to an activating group) is 1. The van der Waals surface area contributed by atoms with E-state index in [1.54, 1.807) is 27.1 Å². The Bertz CT molecular complexity index is 429. The summed E-state index contributed by atoms with van der Waals surface area (Å²) in [5.74, 6) is 0.591. The lowest BCUT2D eigenvalue weighted by atomic mass is 10.2. The number of anilines is 1. The quantitative estimate of drug-likeness (QED) is 0.798. The number of carbonyl (C=O) groups is 1. The Morgan fingerprint density at radius 3 is 2.62 bits per heavy atom. The minimum atomic E-state index is -0.117. The van der Waals surface area contributed by atoms with Crippen molar-refractivity contribution in [3.63, 3.8) is 0 Å². The average Bonchev–Trinajstić information content (AvgIpc) is 2.27. The Kier molecular flexibility index (Phi) is 4.12. The third-order valence-electron chi connectivity index (χ3n) is 2.18. The van der Waals surface area contributed by atoms with E-state index in [-0.39, 0.29) is 5.91 Å². The van der Waals surface area contributed by atoms with Crippen molar-refractivity contribution >= 4 is 27.5 Å². The predicted molar refractivity (Wildman–Crippen MR) is 68.9 cm³/mol. The molecule has 0 aliphatic heterocycles. The first-order valence-corrected chi connectivity index (χ1v) is 5.53. The number of methoxy groups -OCH3 is 1. The summed E-state index contributed by atoms with van der Waals surface area (Å²) in [7, 11) is 3.30. The van der Waals surface area contributed by atoms with E-state index in [0.29, 0.717) is 11.3 Å². The van der Waals surface area contributed by atoms with Crippen molar-refractivity contribution < 1.29 is 9.53 Å². The van der Waals surface area contributed by atoms with Gasteiger partial charge in [0.2, 0.25) is 0 Å². The molecular weight excluding hydrogens is 270 g/mol. The van der Waals surface area contributed by atoms with Gasteiger partial charge in [-0.25, -0.2) is 0 Å². The summed E-state index contributed by atoms with van der Waals surface area (Å²) in [4.78, 5) is 13.3. The first kappa shape index (κ1) is 12.8. The zero-order chi connectivity index (χ0) is 12.3. The molecule has 0 N–H and O–H groups in total. The van der Waals surface area contributed by atoms with E-state index in [2.05, 4.69) is 22.5 Å². The van der Waals surface area contributed by atoms with Crippen LogP contribution in [-0.2, 0) is 4.79 Å². The summed E-state index contributed by atoms with van der Waals surface area (Å²) in [6.45, 7) is 5.32. The van der Waals surface area contributed by atoms with Gasteiger partial charge < -0.3 is 9.64 Å². The van der Waals surface area contributed by atoms with Crippen LogP contribution in [-0.4, -0.2) is 20.1 Å². The number of halogens is 1. The second-order valence-electron chi connectivity index (χ2n) is 3.46. The summed E-state index contributed by atoms with van der Waals surface area (Å²) in [6, 6.07) is 5.47. The lowest BCUT2D eigenvalue weighted by Crippen LogP contribution is -2.26. The number of carbonyl (C=O) groups excluding carboxylic acids is 1. The molecule has 0 saturated carbocycles. The monoisotopic (exact) mass is 283 g/mol. The highest BCUT2D eigenvalue weighted by Gasteiger charge is 2.14. The van der Waals surface area contributed by atoms with Crippen LogP contribution in [0.15, 0.2) is 34.8 Å². The van der Waals surface area contributed by atoms with E-state index >= 15 is 0 Å². The van der Waals surface area contributed by atoms with E-state index < -0.39 is 0 Å².